The smallest absolute Gasteiger partial charge is 0.157 e. The number of hydrogen-bond donors (Lipinski definition) is 3. The Hall–Kier alpha value is -1.22. The minimum Gasteiger partial charge on any atom is -0.504 e. The first-order valence-electron chi connectivity index (χ1n) is 7.28. The van der Waals surface area contributed by atoms with Gasteiger partial charge in [0.2, 0.25) is 0 Å². The number of aliphatic hydroxyl groups excluding tert-OH is 1. The number of phenolic OH excluding ortho intramolecular Hbond substituents is 2. The molecule has 0 saturated carbocycles. The predicted octanol–water partition coefficient (Wildman–Crippen LogP) is 3.75. The molecule has 3 nitrogen and oxygen atoms in total. The lowest BCUT2D eigenvalue weighted by molar-refractivity contribution is 0.180. The van der Waals surface area contributed by atoms with Crippen molar-refractivity contribution < 1.29 is 15.3 Å². The topological polar surface area (TPSA) is 60.7 Å². The molecule has 3 heteroatoms. The van der Waals surface area contributed by atoms with Crippen molar-refractivity contribution >= 4 is 0 Å². The number of aliphatic hydroxyl groups is 1. The molecule has 0 aliphatic carbocycles. The van der Waals surface area contributed by atoms with Crippen molar-refractivity contribution in [2.45, 2.75) is 64.4 Å². The standard InChI is InChI=1S/C16H26O3/c1-13(17)8-6-4-2-3-5-7-9-14-10-11-15(18)16(19)12-14/h10-13,17-19H,2-9H2,1H3. The maximum atomic E-state index is 9.37. The van der Waals surface area contributed by atoms with Gasteiger partial charge in [0.05, 0.1) is 6.10 Å². The molecule has 1 aromatic rings. The van der Waals surface area contributed by atoms with Crippen LogP contribution in [-0.2, 0) is 6.42 Å². The van der Waals surface area contributed by atoms with Crippen LogP contribution in [-0.4, -0.2) is 21.4 Å². The van der Waals surface area contributed by atoms with Crippen molar-refractivity contribution in [1.29, 1.82) is 0 Å². The minimum atomic E-state index is -0.165. The van der Waals surface area contributed by atoms with Gasteiger partial charge in [-0.3, -0.25) is 0 Å². The van der Waals surface area contributed by atoms with Crippen LogP contribution in [0.25, 0.3) is 0 Å². The molecule has 1 rings (SSSR count). The lowest BCUT2D eigenvalue weighted by Crippen LogP contribution is -1.98. The SMILES string of the molecule is CC(O)CCCCCCCCc1ccc(O)c(O)c1. The van der Waals surface area contributed by atoms with Crippen LogP contribution < -0.4 is 0 Å². The lowest BCUT2D eigenvalue weighted by Gasteiger charge is -2.05. The van der Waals surface area contributed by atoms with E-state index in [1.54, 1.807) is 12.1 Å². The van der Waals surface area contributed by atoms with Crippen LogP contribution in [0, 0.1) is 0 Å². The molecule has 0 spiro atoms. The molecule has 108 valence electrons. The van der Waals surface area contributed by atoms with E-state index < -0.39 is 0 Å². The first kappa shape index (κ1) is 15.8. The van der Waals surface area contributed by atoms with Crippen LogP contribution in [0.2, 0.25) is 0 Å². The van der Waals surface area contributed by atoms with Crippen molar-refractivity contribution in [2.24, 2.45) is 0 Å². The summed E-state index contributed by atoms with van der Waals surface area (Å²) >= 11 is 0. The number of phenols is 2. The van der Waals surface area contributed by atoms with E-state index in [-0.39, 0.29) is 17.6 Å². The molecule has 1 aromatic carbocycles. The van der Waals surface area contributed by atoms with Crippen LogP contribution in [0.5, 0.6) is 11.5 Å². The second-order valence-electron chi connectivity index (χ2n) is 5.33. The number of unbranched alkanes of at least 4 members (excludes halogenated alkanes) is 5. The summed E-state index contributed by atoms with van der Waals surface area (Å²) in [5, 5.41) is 27.7. The van der Waals surface area contributed by atoms with Crippen molar-refractivity contribution in [3.63, 3.8) is 0 Å². The summed E-state index contributed by atoms with van der Waals surface area (Å²) in [4.78, 5) is 0. The Morgan fingerprint density at radius 2 is 1.53 bits per heavy atom. The fraction of sp³-hybridized carbons (Fsp3) is 0.625. The quantitative estimate of drug-likeness (QED) is 0.471. The van der Waals surface area contributed by atoms with E-state index in [0.717, 1.165) is 31.2 Å². The fourth-order valence-electron chi connectivity index (χ4n) is 2.20. The molecule has 1 atom stereocenters. The zero-order valence-electron chi connectivity index (χ0n) is 11.8. The molecule has 0 amide bonds. The van der Waals surface area contributed by atoms with E-state index in [0.29, 0.717) is 0 Å². The summed E-state index contributed by atoms with van der Waals surface area (Å²) in [5.74, 6) is -0.0857. The van der Waals surface area contributed by atoms with E-state index in [9.17, 15) is 10.2 Å². The molecule has 0 aliphatic heterocycles. The zero-order valence-corrected chi connectivity index (χ0v) is 11.8. The largest absolute Gasteiger partial charge is 0.504 e. The fourth-order valence-corrected chi connectivity index (χ4v) is 2.20. The maximum absolute atomic E-state index is 9.37. The molecular weight excluding hydrogens is 240 g/mol. The van der Waals surface area contributed by atoms with Crippen LogP contribution in [0.4, 0.5) is 0 Å². The Morgan fingerprint density at radius 1 is 0.895 bits per heavy atom. The number of hydrogen-bond acceptors (Lipinski definition) is 3. The Labute approximate surface area is 115 Å². The number of aryl methyl sites for hydroxylation is 1. The normalized spacial score (nSPS) is 12.5. The molecule has 0 aromatic heterocycles. The van der Waals surface area contributed by atoms with Gasteiger partial charge in [0.25, 0.3) is 0 Å². The zero-order chi connectivity index (χ0) is 14.1. The molecule has 3 N–H and O–H groups in total. The predicted molar refractivity (Wildman–Crippen MR) is 77.5 cm³/mol. The van der Waals surface area contributed by atoms with E-state index >= 15 is 0 Å². The summed E-state index contributed by atoms with van der Waals surface area (Å²) in [7, 11) is 0. The summed E-state index contributed by atoms with van der Waals surface area (Å²) in [6, 6.07) is 5.04. The van der Waals surface area contributed by atoms with Gasteiger partial charge in [0.1, 0.15) is 0 Å². The van der Waals surface area contributed by atoms with Crippen molar-refractivity contribution in [3.8, 4) is 11.5 Å². The van der Waals surface area contributed by atoms with Gasteiger partial charge in [-0.15, -0.1) is 0 Å². The van der Waals surface area contributed by atoms with Crippen LogP contribution >= 0.6 is 0 Å². The van der Waals surface area contributed by atoms with Gasteiger partial charge in [-0.25, -0.2) is 0 Å². The van der Waals surface area contributed by atoms with E-state index in [1.165, 1.54) is 25.7 Å². The number of aromatic hydroxyl groups is 2. The third kappa shape index (κ3) is 7.06. The third-order valence-electron chi connectivity index (χ3n) is 3.38. The summed E-state index contributed by atoms with van der Waals surface area (Å²) in [6.45, 7) is 1.84. The molecule has 0 saturated heterocycles. The molecule has 0 aliphatic rings. The number of benzene rings is 1. The van der Waals surface area contributed by atoms with E-state index in [4.69, 9.17) is 5.11 Å². The lowest BCUT2D eigenvalue weighted by atomic mass is 10.0. The Balaban J connectivity index is 2.03. The average molecular weight is 266 g/mol. The molecule has 19 heavy (non-hydrogen) atoms. The highest BCUT2D eigenvalue weighted by Crippen LogP contribution is 2.25. The second-order valence-corrected chi connectivity index (χ2v) is 5.33. The summed E-state index contributed by atoms with van der Waals surface area (Å²) in [5.41, 5.74) is 1.07. The Kier molecular flexibility index (Phi) is 7.34. The van der Waals surface area contributed by atoms with Gasteiger partial charge in [0, 0.05) is 0 Å². The van der Waals surface area contributed by atoms with Gasteiger partial charge < -0.3 is 15.3 Å². The van der Waals surface area contributed by atoms with Gasteiger partial charge in [-0.1, -0.05) is 38.2 Å². The number of rotatable bonds is 9. The van der Waals surface area contributed by atoms with Gasteiger partial charge in [-0.2, -0.15) is 0 Å². The monoisotopic (exact) mass is 266 g/mol. The van der Waals surface area contributed by atoms with Gasteiger partial charge >= 0.3 is 0 Å². The van der Waals surface area contributed by atoms with Gasteiger partial charge in [0.15, 0.2) is 11.5 Å². The maximum Gasteiger partial charge on any atom is 0.157 e. The van der Waals surface area contributed by atoms with Gasteiger partial charge in [-0.05, 0) is 43.9 Å². The molecule has 0 heterocycles. The van der Waals surface area contributed by atoms with Crippen molar-refractivity contribution in [2.75, 3.05) is 0 Å². The first-order valence-corrected chi connectivity index (χ1v) is 7.28. The van der Waals surface area contributed by atoms with Crippen molar-refractivity contribution in [1.82, 2.24) is 0 Å². The minimum absolute atomic E-state index is 0.0318. The third-order valence-corrected chi connectivity index (χ3v) is 3.38. The van der Waals surface area contributed by atoms with Crippen LogP contribution in [0.15, 0.2) is 18.2 Å². The van der Waals surface area contributed by atoms with Crippen LogP contribution in [0.1, 0.15) is 57.4 Å². The Bertz CT molecular complexity index is 361. The summed E-state index contributed by atoms with van der Waals surface area (Å²) < 4.78 is 0. The van der Waals surface area contributed by atoms with E-state index in [2.05, 4.69) is 0 Å². The highest BCUT2D eigenvalue weighted by atomic mass is 16.3. The second kappa shape index (κ2) is 8.81. The van der Waals surface area contributed by atoms with Crippen LogP contribution in [0.3, 0.4) is 0 Å². The molecule has 0 radical (unpaired) electrons. The first-order chi connectivity index (χ1) is 9.09. The average Bonchev–Trinajstić information content (AvgIpc) is 2.36. The molecule has 0 fully saturated rings. The van der Waals surface area contributed by atoms with E-state index in [1.807, 2.05) is 13.0 Å². The van der Waals surface area contributed by atoms with Crippen molar-refractivity contribution in [3.05, 3.63) is 23.8 Å². The molecular formula is C16H26O3. The molecule has 1 unspecified atom stereocenters. The highest BCUT2D eigenvalue weighted by Gasteiger charge is 2.01. The molecule has 0 bridgehead atoms. The highest BCUT2D eigenvalue weighted by molar-refractivity contribution is 5.40. The Morgan fingerprint density at radius 3 is 2.16 bits per heavy atom. The summed E-state index contributed by atoms with van der Waals surface area (Å²) in [6.07, 6.45) is 8.76.